The Bertz CT molecular complexity index is 793. The third kappa shape index (κ3) is 2.49. The molecule has 5 nitrogen and oxygen atoms in total. The fourth-order valence-corrected chi connectivity index (χ4v) is 4.71. The molecule has 0 aromatic heterocycles. The first-order chi connectivity index (χ1) is 11.9. The second-order valence-electron chi connectivity index (χ2n) is 6.84. The second-order valence-corrected chi connectivity index (χ2v) is 7.68. The number of anilines is 1. The summed E-state index contributed by atoms with van der Waals surface area (Å²) in [4.78, 5) is 39.2. The molecule has 3 amide bonds. The molecule has 1 heterocycles. The summed E-state index contributed by atoms with van der Waals surface area (Å²) in [7, 11) is 0. The van der Waals surface area contributed by atoms with Crippen LogP contribution in [-0.4, -0.2) is 28.7 Å². The average molecular weight is 379 g/mol. The number of benzene rings is 1. The van der Waals surface area contributed by atoms with Gasteiger partial charge in [0.1, 0.15) is 6.04 Å². The van der Waals surface area contributed by atoms with Gasteiger partial charge in [-0.1, -0.05) is 35.4 Å². The summed E-state index contributed by atoms with van der Waals surface area (Å²) in [6.45, 7) is 1.56. The summed E-state index contributed by atoms with van der Waals surface area (Å²) >= 11 is 11.9. The lowest BCUT2D eigenvalue weighted by Gasteiger charge is -2.24. The minimum atomic E-state index is -0.892. The first-order valence-corrected chi connectivity index (χ1v) is 8.95. The van der Waals surface area contributed by atoms with E-state index < -0.39 is 11.9 Å². The zero-order valence-corrected chi connectivity index (χ0v) is 14.9. The van der Waals surface area contributed by atoms with E-state index in [0.717, 1.165) is 11.3 Å². The Hall–Kier alpha value is -1.85. The highest BCUT2D eigenvalue weighted by molar-refractivity contribution is 6.36. The Labute approximate surface area is 155 Å². The van der Waals surface area contributed by atoms with Crippen LogP contribution in [0.15, 0.2) is 30.4 Å². The zero-order valence-electron chi connectivity index (χ0n) is 13.4. The number of hydrogen-bond acceptors (Lipinski definition) is 3. The highest BCUT2D eigenvalue weighted by Crippen LogP contribution is 2.52. The van der Waals surface area contributed by atoms with Crippen molar-refractivity contribution >= 4 is 46.6 Å². The molecule has 1 aromatic carbocycles. The van der Waals surface area contributed by atoms with Gasteiger partial charge in [-0.3, -0.25) is 19.3 Å². The van der Waals surface area contributed by atoms with E-state index >= 15 is 0 Å². The van der Waals surface area contributed by atoms with Crippen molar-refractivity contribution < 1.29 is 14.4 Å². The molecule has 1 aromatic rings. The number of nitrogens with one attached hydrogen (secondary N) is 1. The molecule has 4 rings (SSSR count). The molecular weight excluding hydrogens is 363 g/mol. The lowest BCUT2D eigenvalue weighted by molar-refractivity contribution is -0.146. The summed E-state index contributed by atoms with van der Waals surface area (Å²) < 4.78 is 0. The third-order valence-corrected chi connectivity index (χ3v) is 6.01. The first-order valence-electron chi connectivity index (χ1n) is 8.19. The standard InChI is InChI=1S/C18H16Cl2N2O3/c1-8(16(23)21-13-5-4-11(19)7-12(13)20)22-17(24)14-9-2-3-10(6-9)15(14)18(22)25/h2-5,7-10,14-15H,6H2,1H3,(H,21,23). The van der Waals surface area contributed by atoms with Crippen LogP contribution in [0.2, 0.25) is 10.0 Å². The largest absolute Gasteiger partial charge is 0.323 e. The molecule has 7 heteroatoms. The van der Waals surface area contributed by atoms with E-state index in [0.29, 0.717) is 15.7 Å². The molecule has 2 bridgehead atoms. The van der Waals surface area contributed by atoms with Crippen molar-refractivity contribution in [2.24, 2.45) is 23.7 Å². The molecule has 2 aliphatic carbocycles. The second kappa shape index (κ2) is 5.85. The normalized spacial score (nSPS) is 30.8. The summed E-state index contributed by atoms with van der Waals surface area (Å²) in [6, 6.07) is 3.82. The summed E-state index contributed by atoms with van der Waals surface area (Å²) in [5, 5.41) is 3.42. The Kier molecular flexibility index (Phi) is 3.89. The third-order valence-electron chi connectivity index (χ3n) is 5.46. The molecule has 1 saturated carbocycles. The topological polar surface area (TPSA) is 66.5 Å². The number of rotatable bonds is 3. The van der Waals surface area contributed by atoms with Crippen molar-refractivity contribution in [1.29, 1.82) is 0 Å². The molecule has 0 spiro atoms. The van der Waals surface area contributed by atoms with E-state index in [1.54, 1.807) is 19.1 Å². The predicted octanol–water partition coefficient (Wildman–Crippen LogP) is 3.13. The van der Waals surface area contributed by atoms with Crippen LogP contribution in [-0.2, 0) is 14.4 Å². The number of fused-ring (bicyclic) bond motifs is 5. The maximum absolute atomic E-state index is 12.7. The number of carbonyl (C=O) groups is 3. The Morgan fingerprint density at radius 3 is 2.32 bits per heavy atom. The van der Waals surface area contributed by atoms with Crippen LogP contribution in [0, 0.1) is 23.7 Å². The van der Waals surface area contributed by atoms with Gasteiger partial charge in [0.2, 0.25) is 17.7 Å². The van der Waals surface area contributed by atoms with E-state index in [2.05, 4.69) is 5.32 Å². The van der Waals surface area contributed by atoms with Crippen molar-refractivity contribution in [3.63, 3.8) is 0 Å². The molecule has 1 N–H and O–H groups in total. The number of imide groups is 1. The van der Waals surface area contributed by atoms with Crippen molar-refractivity contribution in [3.8, 4) is 0 Å². The zero-order chi connectivity index (χ0) is 17.9. The lowest BCUT2D eigenvalue weighted by Crippen LogP contribution is -2.46. The summed E-state index contributed by atoms with van der Waals surface area (Å²) in [6.07, 6.45) is 4.92. The minimum absolute atomic E-state index is 0.123. The van der Waals surface area contributed by atoms with Crippen molar-refractivity contribution in [2.45, 2.75) is 19.4 Å². The van der Waals surface area contributed by atoms with Crippen molar-refractivity contribution in [1.82, 2.24) is 4.90 Å². The SMILES string of the molecule is CC(C(=O)Nc1ccc(Cl)cc1Cl)N1C(=O)C2C3C=CC(C3)C2C1=O. The van der Waals surface area contributed by atoms with Crippen LogP contribution < -0.4 is 5.32 Å². The number of amides is 3. The number of likely N-dealkylation sites (tertiary alicyclic amines) is 1. The van der Waals surface area contributed by atoms with Gasteiger partial charge >= 0.3 is 0 Å². The van der Waals surface area contributed by atoms with E-state index in [1.807, 2.05) is 12.2 Å². The fourth-order valence-electron chi connectivity index (χ4n) is 4.25. The molecule has 1 saturated heterocycles. The fraction of sp³-hybridized carbons (Fsp3) is 0.389. The quantitative estimate of drug-likeness (QED) is 0.648. The molecule has 3 aliphatic rings. The summed E-state index contributed by atoms with van der Waals surface area (Å²) in [5.74, 6) is -1.30. The number of halogens is 2. The highest BCUT2D eigenvalue weighted by atomic mass is 35.5. The van der Waals surface area contributed by atoms with Crippen LogP contribution >= 0.6 is 23.2 Å². The predicted molar refractivity (Wildman–Crippen MR) is 94.1 cm³/mol. The van der Waals surface area contributed by atoms with Gasteiger partial charge in [0.15, 0.2) is 0 Å². The maximum atomic E-state index is 12.7. The van der Waals surface area contributed by atoms with Crippen LogP contribution in [0.3, 0.4) is 0 Å². The van der Waals surface area contributed by atoms with E-state index in [4.69, 9.17) is 23.2 Å². The Balaban J connectivity index is 1.53. The molecule has 0 radical (unpaired) electrons. The lowest BCUT2D eigenvalue weighted by atomic mass is 9.85. The van der Waals surface area contributed by atoms with Crippen LogP contribution in [0.25, 0.3) is 0 Å². The molecule has 1 aliphatic heterocycles. The molecule has 5 unspecified atom stereocenters. The number of nitrogens with zero attached hydrogens (tertiary/aromatic N) is 1. The Morgan fingerprint density at radius 1 is 1.16 bits per heavy atom. The molecule has 25 heavy (non-hydrogen) atoms. The Morgan fingerprint density at radius 2 is 1.76 bits per heavy atom. The van der Waals surface area contributed by atoms with Crippen molar-refractivity contribution in [3.05, 3.63) is 40.4 Å². The number of allylic oxidation sites excluding steroid dienone is 2. The van der Waals surface area contributed by atoms with Gasteiger partial charge in [-0.2, -0.15) is 0 Å². The van der Waals surface area contributed by atoms with Gasteiger partial charge in [-0.25, -0.2) is 0 Å². The monoisotopic (exact) mass is 378 g/mol. The van der Waals surface area contributed by atoms with Crippen molar-refractivity contribution in [2.75, 3.05) is 5.32 Å². The number of carbonyl (C=O) groups excluding carboxylic acids is 3. The first kappa shape index (κ1) is 16.6. The van der Waals surface area contributed by atoms with Gasteiger partial charge in [-0.05, 0) is 43.4 Å². The molecular formula is C18H16Cl2N2O3. The van der Waals surface area contributed by atoms with E-state index in [-0.39, 0.29) is 35.5 Å². The van der Waals surface area contributed by atoms with E-state index in [1.165, 1.54) is 6.07 Å². The van der Waals surface area contributed by atoms with Gasteiger partial charge in [0, 0.05) is 5.02 Å². The van der Waals surface area contributed by atoms with Gasteiger partial charge in [0.25, 0.3) is 0 Å². The van der Waals surface area contributed by atoms with E-state index in [9.17, 15) is 14.4 Å². The number of hydrogen-bond donors (Lipinski definition) is 1. The highest BCUT2D eigenvalue weighted by Gasteiger charge is 2.60. The van der Waals surface area contributed by atoms with Crippen LogP contribution in [0.4, 0.5) is 5.69 Å². The smallest absolute Gasteiger partial charge is 0.247 e. The molecule has 5 atom stereocenters. The maximum Gasteiger partial charge on any atom is 0.247 e. The van der Waals surface area contributed by atoms with Crippen LogP contribution in [0.1, 0.15) is 13.3 Å². The molecule has 130 valence electrons. The summed E-state index contributed by atoms with van der Waals surface area (Å²) in [5.41, 5.74) is 0.393. The van der Waals surface area contributed by atoms with Crippen LogP contribution in [0.5, 0.6) is 0 Å². The van der Waals surface area contributed by atoms with Gasteiger partial charge in [0.05, 0.1) is 22.5 Å². The average Bonchev–Trinajstić information content (AvgIpc) is 3.23. The van der Waals surface area contributed by atoms with Gasteiger partial charge < -0.3 is 5.32 Å². The molecule has 2 fully saturated rings. The minimum Gasteiger partial charge on any atom is -0.323 e. The van der Waals surface area contributed by atoms with Gasteiger partial charge in [-0.15, -0.1) is 0 Å².